The van der Waals surface area contributed by atoms with Gasteiger partial charge >= 0.3 is 5.97 Å². The summed E-state index contributed by atoms with van der Waals surface area (Å²) in [7, 11) is -0.799. The molecule has 0 bridgehead atoms. The maximum absolute atomic E-state index is 12.5. The number of benzene rings is 1. The van der Waals surface area contributed by atoms with Crippen LogP contribution >= 0.6 is 0 Å². The molecule has 1 rings (SSSR count). The maximum atomic E-state index is 12.5. The molecular weight excluding hydrogens is 320 g/mol. The van der Waals surface area contributed by atoms with Crippen LogP contribution in [0.1, 0.15) is 39.2 Å². The summed E-state index contributed by atoms with van der Waals surface area (Å²) in [5.74, 6) is -0.756. The van der Waals surface area contributed by atoms with Crippen LogP contribution in [0, 0.1) is 5.92 Å². The molecule has 3 atom stereocenters. The van der Waals surface area contributed by atoms with Gasteiger partial charge in [0, 0.05) is 12.5 Å². The van der Waals surface area contributed by atoms with Gasteiger partial charge in [-0.25, -0.2) is 4.79 Å². The van der Waals surface area contributed by atoms with Crippen molar-refractivity contribution >= 4 is 14.3 Å². The van der Waals surface area contributed by atoms with E-state index >= 15 is 0 Å². The minimum atomic E-state index is -2.18. The highest BCUT2D eigenvalue weighted by atomic mass is 28.4. The molecule has 0 spiro atoms. The van der Waals surface area contributed by atoms with Crippen LogP contribution < -0.4 is 0 Å². The summed E-state index contributed by atoms with van der Waals surface area (Å²) >= 11 is 0. The molecule has 1 N–H and O–H groups in total. The number of aliphatic hydroxyl groups is 1. The maximum Gasteiger partial charge on any atom is 0.334 e. The van der Waals surface area contributed by atoms with Gasteiger partial charge in [-0.3, -0.25) is 0 Å². The zero-order valence-electron chi connectivity index (χ0n) is 16.0. The van der Waals surface area contributed by atoms with Gasteiger partial charge in [0.1, 0.15) is 0 Å². The van der Waals surface area contributed by atoms with Crippen LogP contribution in [0.2, 0.25) is 18.1 Å². The molecule has 24 heavy (non-hydrogen) atoms. The van der Waals surface area contributed by atoms with Gasteiger partial charge in [0.25, 0.3) is 0 Å². The van der Waals surface area contributed by atoms with E-state index in [1.165, 1.54) is 7.11 Å². The number of rotatable bonds is 7. The lowest BCUT2D eigenvalue weighted by atomic mass is 9.83. The first-order valence-electron chi connectivity index (χ1n) is 8.46. The molecule has 1 aromatic rings. The number of aliphatic hydroxyl groups excluding tert-OH is 1. The molecule has 5 heteroatoms. The first-order chi connectivity index (χ1) is 11.0. The summed E-state index contributed by atoms with van der Waals surface area (Å²) in [4.78, 5) is 12.5. The van der Waals surface area contributed by atoms with Crippen molar-refractivity contribution in [3.05, 3.63) is 35.9 Å². The van der Waals surface area contributed by atoms with E-state index in [9.17, 15) is 9.90 Å². The topological polar surface area (TPSA) is 55.8 Å². The minimum absolute atomic E-state index is 0.0199. The predicted molar refractivity (Wildman–Crippen MR) is 99.5 cm³/mol. The zero-order valence-corrected chi connectivity index (χ0v) is 17.0. The van der Waals surface area contributed by atoms with E-state index < -0.39 is 14.4 Å². The van der Waals surface area contributed by atoms with Crippen molar-refractivity contribution < 1.29 is 19.1 Å². The number of hydrogen-bond donors (Lipinski definition) is 1. The minimum Gasteiger partial charge on any atom is -0.467 e. The standard InChI is InChI=1S/C19H32O4Si/c1-14(13-20)16(15-11-9-8-10-12-15)17(18(21)22-5)23-24(6,7)19(2,3)4/h8-12,14,16-17,20H,13H2,1-7H3/t14-,16+,17-/m0/s1. The Morgan fingerprint density at radius 3 is 2.17 bits per heavy atom. The zero-order chi connectivity index (χ0) is 18.5. The smallest absolute Gasteiger partial charge is 0.334 e. The normalized spacial score (nSPS) is 16.3. The van der Waals surface area contributed by atoms with Gasteiger partial charge in [-0.1, -0.05) is 58.0 Å². The number of esters is 1. The highest BCUT2D eigenvalue weighted by molar-refractivity contribution is 6.74. The van der Waals surface area contributed by atoms with E-state index in [0.29, 0.717) is 0 Å². The van der Waals surface area contributed by atoms with Gasteiger partial charge in [-0.05, 0) is 29.6 Å². The van der Waals surface area contributed by atoms with E-state index in [1.54, 1.807) is 0 Å². The second-order valence-electron chi connectivity index (χ2n) is 7.92. The van der Waals surface area contributed by atoms with E-state index in [0.717, 1.165) is 5.56 Å². The molecule has 0 unspecified atom stereocenters. The van der Waals surface area contributed by atoms with Crippen molar-refractivity contribution in [3.63, 3.8) is 0 Å². The summed E-state index contributed by atoms with van der Waals surface area (Å²) in [6, 6.07) is 9.76. The average molecular weight is 353 g/mol. The van der Waals surface area contributed by atoms with Crippen LogP contribution in [0.15, 0.2) is 30.3 Å². The molecule has 0 heterocycles. The average Bonchev–Trinajstić information content (AvgIpc) is 2.53. The van der Waals surface area contributed by atoms with E-state index in [-0.39, 0.29) is 29.5 Å². The van der Waals surface area contributed by atoms with Crippen LogP contribution in [0.4, 0.5) is 0 Å². The Labute approximate surface area is 147 Å². The Morgan fingerprint density at radius 1 is 1.21 bits per heavy atom. The van der Waals surface area contributed by atoms with Gasteiger partial charge in [-0.2, -0.15) is 0 Å². The van der Waals surface area contributed by atoms with Crippen LogP contribution in [0.5, 0.6) is 0 Å². The third kappa shape index (κ3) is 4.91. The second-order valence-corrected chi connectivity index (χ2v) is 12.7. The molecule has 136 valence electrons. The second kappa shape index (κ2) is 8.27. The van der Waals surface area contributed by atoms with Crippen molar-refractivity contribution in [2.24, 2.45) is 5.92 Å². The molecule has 0 saturated heterocycles. The number of hydrogen-bond acceptors (Lipinski definition) is 4. The lowest BCUT2D eigenvalue weighted by Gasteiger charge is -2.41. The number of carbonyl (C=O) groups is 1. The summed E-state index contributed by atoms with van der Waals surface area (Å²) < 4.78 is 11.5. The Kier molecular flexibility index (Phi) is 7.20. The van der Waals surface area contributed by atoms with E-state index in [1.807, 2.05) is 37.3 Å². The molecule has 0 radical (unpaired) electrons. The van der Waals surface area contributed by atoms with Gasteiger partial charge < -0.3 is 14.3 Å². The predicted octanol–water partition coefficient (Wildman–Crippen LogP) is 3.96. The number of ether oxygens (including phenoxy) is 1. The van der Waals surface area contributed by atoms with Crippen LogP contribution in [-0.2, 0) is 14.0 Å². The molecule has 0 aliphatic rings. The van der Waals surface area contributed by atoms with Crippen molar-refractivity contribution in [2.45, 2.75) is 57.8 Å². The molecule has 1 aromatic carbocycles. The van der Waals surface area contributed by atoms with Crippen LogP contribution in [0.25, 0.3) is 0 Å². The first-order valence-corrected chi connectivity index (χ1v) is 11.4. The molecule has 0 aliphatic carbocycles. The third-order valence-corrected chi connectivity index (χ3v) is 9.53. The molecule has 0 amide bonds. The highest BCUT2D eigenvalue weighted by Gasteiger charge is 2.44. The lowest BCUT2D eigenvalue weighted by molar-refractivity contribution is -0.151. The van der Waals surface area contributed by atoms with Crippen molar-refractivity contribution in [3.8, 4) is 0 Å². The van der Waals surface area contributed by atoms with Crippen LogP contribution in [-0.4, -0.2) is 39.2 Å². The third-order valence-electron chi connectivity index (χ3n) is 5.07. The molecule has 0 aromatic heterocycles. The van der Waals surface area contributed by atoms with Gasteiger partial charge in [0.15, 0.2) is 14.4 Å². The Bertz CT molecular complexity index is 522. The van der Waals surface area contributed by atoms with Gasteiger partial charge in [0.2, 0.25) is 0 Å². The Balaban J connectivity index is 3.31. The first kappa shape index (κ1) is 20.9. The van der Waals surface area contributed by atoms with Gasteiger partial charge in [-0.15, -0.1) is 0 Å². The van der Waals surface area contributed by atoms with E-state index in [4.69, 9.17) is 9.16 Å². The summed E-state index contributed by atoms with van der Waals surface area (Å²) in [6.45, 7) is 12.6. The Hall–Kier alpha value is -1.17. The summed E-state index contributed by atoms with van der Waals surface area (Å²) in [6.07, 6.45) is -0.722. The fourth-order valence-electron chi connectivity index (χ4n) is 2.47. The monoisotopic (exact) mass is 352 g/mol. The molecule has 0 aliphatic heterocycles. The fraction of sp³-hybridized carbons (Fsp3) is 0.632. The SMILES string of the molecule is COC(=O)[C@@H](O[Si](C)(C)C(C)(C)C)[C@@H](c1ccccc1)[C@@H](C)CO. The Morgan fingerprint density at radius 2 is 1.75 bits per heavy atom. The van der Waals surface area contributed by atoms with E-state index in [2.05, 4.69) is 33.9 Å². The largest absolute Gasteiger partial charge is 0.467 e. The summed E-state index contributed by atoms with van der Waals surface area (Å²) in [5.41, 5.74) is 0.980. The highest BCUT2D eigenvalue weighted by Crippen LogP contribution is 2.40. The van der Waals surface area contributed by atoms with Crippen molar-refractivity contribution in [1.82, 2.24) is 0 Å². The molecule has 0 fully saturated rings. The fourth-order valence-corrected chi connectivity index (χ4v) is 3.70. The number of methoxy groups -OCH3 is 1. The lowest BCUT2D eigenvalue weighted by Crippen LogP contribution is -2.49. The van der Waals surface area contributed by atoms with Crippen LogP contribution in [0.3, 0.4) is 0 Å². The quantitative estimate of drug-likeness (QED) is 0.596. The molecule has 0 saturated carbocycles. The summed E-state index contributed by atoms with van der Waals surface area (Å²) in [5, 5.41) is 9.71. The van der Waals surface area contributed by atoms with Crippen molar-refractivity contribution in [1.29, 1.82) is 0 Å². The number of carbonyl (C=O) groups excluding carboxylic acids is 1. The molecular formula is C19H32O4Si. The van der Waals surface area contributed by atoms with Gasteiger partial charge in [0.05, 0.1) is 7.11 Å². The van der Waals surface area contributed by atoms with Crippen molar-refractivity contribution in [2.75, 3.05) is 13.7 Å². The molecule has 4 nitrogen and oxygen atoms in total.